The Bertz CT molecular complexity index is 1870. The summed E-state index contributed by atoms with van der Waals surface area (Å²) in [7, 11) is -2.60. The third-order valence-electron chi connectivity index (χ3n) is 7.76. The second kappa shape index (κ2) is 14.0. The highest BCUT2D eigenvalue weighted by Crippen LogP contribution is 2.29. The van der Waals surface area contributed by atoms with Gasteiger partial charge in [0.15, 0.2) is 0 Å². The first-order valence-corrected chi connectivity index (χ1v) is 17.2. The van der Waals surface area contributed by atoms with Crippen molar-refractivity contribution in [3.63, 3.8) is 0 Å². The maximum absolute atomic E-state index is 14.0. The monoisotopic (exact) mass is 698 g/mol. The fraction of sp³-hybridized carbons (Fsp3) is 0.324. The number of halogens is 2. The van der Waals surface area contributed by atoms with Crippen molar-refractivity contribution < 1.29 is 26.9 Å². The molecule has 5 rings (SSSR count). The molecule has 1 saturated heterocycles. The van der Waals surface area contributed by atoms with Crippen molar-refractivity contribution in [2.75, 3.05) is 38.1 Å². The molecule has 1 fully saturated rings. The summed E-state index contributed by atoms with van der Waals surface area (Å²) < 4.78 is 37.5. The zero-order chi connectivity index (χ0) is 33.9. The number of ether oxygens (including phenoxy) is 1. The number of anilines is 1. The molecule has 0 unspecified atom stereocenters. The van der Waals surface area contributed by atoms with Gasteiger partial charge < -0.3 is 18.7 Å². The number of fused-ring (bicyclic) bond motifs is 1. The number of piperazine rings is 1. The Morgan fingerprint density at radius 2 is 1.66 bits per heavy atom. The molecule has 4 aromatic rings. The highest BCUT2D eigenvalue weighted by Gasteiger charge is 2.35. The Hall–Kier alpha value is -4.06. The van der Waals surface area contributed by atoms with Gasteiger partial charge in [-0.25, -0.2) is 4.79 Å². The largest absolute Gasteiger partial charge is 0.444 e. The number of carbonyl (C=O) groups is 2. The lowest BCUT2D eigenvalue weighted by atomic mass is 10.0. The van der Waals surface area contributed by atoms with Crippen LogP contribution in [-0.4, -0.2) is 80.1 Å². The van der Waals surface area contributed by atoms with Crippen LogP contribution in [0.5, 0.6) is 5.75 Å². The summed E-state index contributed by atoms with van der Waals surface area (Å²) in [5.41, 5.74) is 0.861. The van der Waals surface area contributed by atoms with E-state index in [1.165, 1.54) is 29.3 Å². The molecule has 0 spiro atoms. The topological polar surface area (TPSA) is 109 Å². The first-order chi connectivity index (χ1) is 22.2. The van der Waals surface area contributed by atoms with E-state index in [1.807, 2.05) is 6.07 Å². The highest BCUT2D eigenvalue weighted by atomic mass is 35.5. The molecule has 1 aromatic heterocycles. The van der Waals surface area contributed by atoms with E-state index in [0.717, 1.165) is 5.69 Å². The summed E-state index contributed by atoms with van der Waals surface area (Å²) in [4.78, 5) is 36.4. The van der Waals surface area contributed by atoms with Crippen LogP contribution in [0.3, 0.4) is 0 Å². The number of pyridine rings is 1. The third kappa shape index (κ3) is 8.27. The summed E-state index contributed by atoms with van der Waals surface area (Å²) in [6, 6.07) is 17.5. The molecule has 2 heterocycles. The molecule has 1 aliphatic rings. The van der Waals surface area contributed by atoms with E-state index in [1.54, 1.807) is 81.4 Å². The summed E-state index contributed by atoms with van der Waals surface area (Å²) >= 11 is 12.3. The van der Waals surface area contributed by atoms with Crippen molar-refractivity contribution in [2.45, 2.75) is 43.7 Å². The number of amides is 2. The van der Waals surface area contributed by atoms with E-state index in [-0.39, 0.29) is 23.0 Å². The summed E-state index contributed by atoms with van der Waals surface area (Å²) in [6.45, 7) is 7.30. The van der Waals surface area contributed by atoms with Crippen LogP contribution in [0.2, 0.25) is 10.0 Å². The van der Waals surface area contributed by atoms with Gasteiger partial charge >= 0.3 is 16.2 Å². The Labute approximate surface area is 284 Å². The minimum atomic E-state index is -4.15. The van der Waals surface area contributed by atoms with Crippen LogP contribution in [0.1, 0.15) is 26.3 Å². The molecule has 1 aliphatic heterocycles. The number of hydrogen-bond donors (Lipinski definition) is 0. The summed E-state index contributed by atoms with van der Waals surface area (Å²) in [5, 5.41) is 2.11. The lowest BCUT2D eigenvalue weighted by Crippen LogP contribution is -2.56. The number of aromatic nitrogens is 1. The molecule has 248 valence electrons. The van der Waals surface area contributed by atoms with Gasteiger partial charge in [0.1, 0.15) is 22.3 Å². The first kappa shape index (κ1) is 34.3. The van der Waals surface area contributed by atoms with Gasteiger partial charge in [-0.2, -0.15) is 8.42 Å². The van der Waals surface area contributed by atoms with Gasteiger partial charge in [-0.1, -0.05) is 47.5 Å². The zero-order valence-corrected chi connectivity index (χ0v) is 28.8. The van der Waals surface area contributed by atoms with Gasteiger partial charge in [0, 0.05) is 68.5 Å². The number of nitrogens with zero attached hydrogens (tertiary/aromatic N) is 4. The predicted molar refractivity (Wildman–Crippen MR) is 183 cm³/mol. The normalized spacial score (nSPS) is 14.5. The number of likely N-dealkylation sites (N-methyl/N-ethyl adjacent to an activating group) is 1. The molecule has 0 N–H and O–H groups in total. The van der Waals surface area contributed by atoms with Crippen molar-refractivity contribution >= 4 is 61.8 Å². The summed E-state index contributed by atoms with van der Waals surface area (Å²) in [6.07, 6.45) is 2.66. The predicted octanol–water partition coefficient (Wildman–Crippen LogP) is 6.44. The van der Waals surface area contributed by atoms with Crippen molar-refractivity contribution in [2.24, 2.45) is 0 Å². The van der Waals surface area contributed by atoms with Crippen LogP contribution in [0.4, 0.5) is 10.5 Å². The minimum absolute atomic E-state index is 0.0328. The molecule has 2 amide bonds. The molecule has 10 nitrogen and oxygen atoms in total. The molecule has 47 heavy (non-hydrogen) atoms. The lowest BCUT2D eigenvalue weighted by molar-refractivity contribution is -0.136. The lowest BCUT2D eigenvalue weighted by Gasteiger charge is -2.39. The Morgan fingerprint density at radius 3 is 2.32 bits per heavy atom. The van der Waals surface area contributed by atoms with Crippen LogP contribution < -0.4 is 9.08 Å². The summed E-state index contributed by atoms with van der Waals surface area (Å²) in [5.74, 6) is -0.109. The number of carbonyl (C=O) groups excluding carboxylic acids is 2. The Balaban J connectivity index is 1.32. The number of benzene rings is 3. The van der Waals surface area contributed by atoms with Gasteiger partial charge in [0.25, 0.3) is 0 Å². The smallest absolute Gasteiger partial charge is 0.410 e. The van der Waals surface area contributed by atoms with Crippen LogP contribution in [0.15, 0.2) is 84.0 Å². The standard InChI is InChI=1S/C34H36Cl2N4O6S/c1-34(2,3)45-33(42)38(4)30(32(41)40-18-16-39(17-19-40)25-10-13-28(35)29(36)21-25)20-23-8-11-26(12-9-23)46-47(43,44)31-7-5-6-24-22-37-15-14-27(24)31/h5-15,21-22,30H,16-20H2,1-4H3/t30-/m0/s1. The molecule has 0 bridgehead atoms. The van der Waals surface area contributed by atoms with E-state index in [4.69, 9.17) is 32.1 Å². The van der Waals surface area contributed by atoms with Gasteiger partial charge in [-0.05, 0) is 68.8 Å². The third-order valence-corrected chi connectivity index (χ3v) is 9.81. The van der Waals surface area contributed by atoms with E-state index >= 15 is 0 Å². The average Bonchev–Trinajstić information content (AvgIpc) is 3.04. The Kier molecular flexibility index (Phi) is 10.2. The molecule has 0 aliphatic carbocycles. The quantitative estimate of drug-likeness (QED) is 0.194. The molecule has 0 radical (unpaired) electrons. The van der Waals surface area contributed by atoms with Gasteiger partial charge in [-0.15, -0.1) is 0 Å². The van der Waals surface area contributed by atoms with Crippen molar-refractivity contribution in [3.8, 4) is 5.75 Å². The van der Waals surface area contributed by atoms with Crippen LogP contribution >= 0.6 is 23.2 Å². The van der Waals surface area contributed by atoms with E-state index in [2.05, 4.69) is 9.88 Å². The maximum atomic E-state index is 14.0. The van der Waals surface area contributed by atoms with Gasteiger partial charge in [0.2, 0.25) is 5.91 Å². The number of rotatable bonds is 8. The second-order valence-electron chi connectivity index (χ2n) is 12.3. The van der Waals surface area contributed by atoms with Gasteiger partial charge in [-0.3, -0.25) is 14.7 Å². The minimum Gasteiger partial charge on any atom is -0.444 e. The average molecular weight is 700 g/mol. The highest BCUT2D eigenvalue weighted by molar-refractivity contribution is 7.87. The molecular weight excluding hydrogens is 663 g/mol. The van der Waals surface area contributed by atoms with Crippen molar-refractivity contribution in [1.29, 1.82) is 0 Å². The van der Waals surface area contributed by atoms with E-state index < -0.39 is 27.9 Å². The Morgan fingerprint density at radius 1 is 0.957 bits per heavy atom. The SMILES string of the molecule is CN(C(=O)OC(C)(C)C)[C@@H](Cc1ccc(OS(=O)(=O)c2cccc3cnccc23)cc1)C(=O)N1CCN(c2ccc(Cl)c(Cl)c2)CC1. The van der Waals surface area contributed by atoms with Crippen LogP contribution in [0.25, 0.3) is 10.8 Å². The van der Waals surface area contributed by atoms with E-state index in [9.17, 15) is 18.0 Å². The molecule has 1 atom stereocenters. The van der Waals surface area contributed by atoms with E-state index in [0.29, 0.717) is 52.6 Å². The number of hydrogen-bond acceptors (Lipinski definition) is 8. The first-order valence-electron chi connectivity index (χ1n) is 15.0. The van der Waals surface area contributed by atoms with Crippen LogP contribution in [-0.2, 0) is 26.1 Å². The maximum Gasteiger partial charge on any atom is 0.410 e. The fourth-order valence-electron chi connectivity index (χ4n) is 5.32. The molecule has 0 saturated carbocycles. The fourth-order valence-corrected chi connectivity index (χ4v) is 6.76. The van der Waals surface area contributed by atoms with Crippen LogP contribution in [0, 0.1) is 0 Å². The van der Waals surface area contributed by atoms with Crippen molar-refractivity contribution in [1.82, 2.24) is 14.8 Å². The molecular formula is C34H36Cl2N4O6S. The second-order valence-corrected chi connectivity index (χ2v) is 14.6. The van der Waals surface area contributed by atoms with Crippen molar-refractivity contribution in [3.05, 3.63) is 94.7 Å². The van der Waals surface area contributed by atoms with Gasteiger partial charge in [0.05, 0.1) is 10.0 Å². The molecule has 3 aromatic carbocycles. The zero-order valence-electron chi connectivity index (χ0n) is 26.5. The molecule has 13 heteroatoms.